The Balaban J connectivity index is 1.96. The van der Waals surface area contributed by atoms with Crippen molar-refractivity contribution in [1.82, 2.24) is 4.90 Å². The predicted molar refractivity (Wildman–Crippen MR) is 88.1 cm³/mol. The van der Waals surface area contributed by atoms with Crippen molar-refractivity contribution < 1.29 is 5.11 Å². The minimum Gasteiger partial charge on any atom is -0.384 e. The third kappa shape index (κ3) is 4.06. The van der Waals surface area contributed by atoms with Gasteiger partial charge in [0.25, 0.3) is 0 Å². The second kappa shape index (κ2) is 7.39. The Labute approximate surface area is 129 Å². The summed E-state index contributed by atoms with van der Waals surface area (Å²) in [5.74, 6) is 0.756. The molecule has 3 unspecified atom stereocenters. The van der Waals surface area contributed by atoms with Crippen LogP contribution in [-0.2, 0) is 5.60 Å². The largest absolute Gasteiger partial charge is 0.384 e. The van der Waals surface area contributed by atoms with E-state index in [9.17, 15) is 5.11 Å². The van der Waals surface area contributed by atoms with E-state index in [1.807, 2.05) is 30.3 Å². The topological polar surface area (TPSA) is 49.5 Å². The molecule has 3 atom stereocenters. The first-order chi connectivity index (χ1) is 10.1. The number of nitrogens with two attached hydrogens (primary N) is 1. The van der Waals surface area contributed by atoms with Crippen LogP contribution in [0.2, 0.25) is 0 Å². The van der Waals surface area contributed by atoms with Gasteiger partial charge in [-0.1, -0.05) is 50.1 Å². The van der Waals surface area contributed by atoms with Gasteiger partial charge in [0.05, 0.1) is 0 Å². The maximum atomic E-state index is 10.9. The minimum atomic E-state index is -0.909. The highest BCUT2D eigenvalue weighted by molar-refractivity contribution is 5.22. The van der Waals surface area contributed by atoms with Crippen molar-refractivity contribution in [2.45, 2.75) is 50.7 Å². The molecule has 0 bridgehead atoms. The Morgan fingerprint density at radius 3 is 2.52 bits per heavy atom. The normalized spacial score (nSPS) is 25.8. The van der Waals surface area contributed by atoms with Crippen LogP contribution in [0.4, 0.5) is 0 Å². The van der Waals surface area contributed by atoms with E-state index < -0.39 is 5.60 Å². The van der Waals surface area contributed by atoms with Crippen molar-refractivity contribution in [3.63, 3.8) is 0 Å². The standard InChI is InChI=1S/C18H30N2O/c1-15-8-6-7-11-17(15)20(2)13-12-18(21,14-19)16-9-4-3-5-10-16/h3-5,9-10,15,17,21H,6-8,11-14,19H2,1-2H3. The Kier molecular flexibility index (Phi) is 5.80. The lowest BCUT2D eigenvalue weighted by atomic mass is 9.84. The molecule has 0 saturated heterocycles. The number of hydrogen-bond donors (Lipinski definition) is 2. The molecule has 1 fully saturated rings. The number of aliphatic hydroxyl groups is 1. The molecule has 21 heavy (non-hydrogen) atoms. The molecular formula is C18H30N2O. The molecule has 1 aromatic rings. The third-order valence-electron chi connectivity index (χ3n) is 5.16. The maximum absolute atomic E-state index is 10.9. The second-order valence-corrected chi connectivity index (χ2v) is 6.66. The van der Waals surface area contributed by atoms with Gasteiger partial charge in [-0.25, -0.2) is 0 Å². The Hall–Kier alpha value is -0.900. The smallest absolute Gasteiger partial charge is 0.103 e. The van der Waals surface area contributed by atoms with Crippen LogP contribution in [0.1, 0.15) is 44.6 Å². The van der Waals surface area contributed by atoms with E-state index >= 15 is 0 Å². The summed E-state index contributed by atoms with van der Waals surface area (Å²) < 4.78 is 0. The van der Waals surface area contributed by atoms with E-state index in [1.165, 1.54) is 25.7 Å². The van der Waals surface area contributed by atoms with E-state index in [0.29, 0.717) is 12.5 Å². The highest BCUT2D eigenvalue weighted by Crippen LogP contribution is 2.29. The molecule has 2 rings (SSSR count). The number of hydrogen-bond acceptors (Lipinski definition) is 3. The molecule has 1 aliphatic carbocycles. The minimum absolute atomic E-state index is 0.269. The van der Waals surface area contributed by atoms with Gasteiger partial charge >= 0.3 is 0 Å². The van der Waals surface area contributed by atoms with Crippen LogP contribution in [0.5, 0.6) is 0 Å². The summed E-state index contributed by atoms with van der Waals surface area (Å²) in [6, 6.07) is 10.5. The first-order valence-electron chi connectivity index (χ1n) is 8.25. The third-order valence-corrected chi connectivity index (χ3v) is 5.16. The number of nitrogens with zero attached hydrogens (tertiary/aromatic N) is 1. The SMILES string of the molecule is CC1CCCCC1N(C)CCC(O)(CN)c1ccccc1. The molecule has 0 radical (unpaired) electrons. The molecule has 3 heteroatoms. The van der Waals surface area contributed by atoms with Crippen molar-refractivity contribution in [2.75, 3.05) is 20.1 Å². The van der Waals surface area contributed by atoms with E-state index in [2.05, 4.69) is 18.9 Å². The first kappa shape index (κ1) is 16.5. The summed E-state index contributed by atoms with van der Waals surface area (Å²) in [6.45, 7) is 3.51. The molecular weight excluding hydrogens is 260 g/mol. The number of benzene rings is 1. The van der Waals surface area contributed by atoms with Crippen molar-refractivity contribution in [2.24, 2.45) is 11.7 Å². The molecule has 0 amide bonds. The lowest BCUT2D eigenvalue weighted by molar-refractivity contribution is 0.0183. The second-order valence-electron chi connectivity index (χ2n) is 6.66. The van der Waals surface area contributed by atoms with Gasteiger partial charge in [0, 0.05) is 19.1 Å². The Bertz CT molecular complexity index is 422. The van der Waals surface area contributed by atoms with Crippen LogP contribution in [0.15, 0.2) is 30.3 Å². The van der Waals surface area contributed by atoms with Crippen LogP contribution in [0, 0.1) is 5.92 Å². The van der Waals surface area contributed by atoms with E-state index in [0.717, 1.165) is 18.0 Å². The van der Waals surface area contributed by atoms with Gasteiger partial charge in [-0.2, -0.15) is 0 Å². The predicted octanol–water partition coefficient (Wildman–Crippen LogP) is 2.73. The van der Waals surface area contributed by atoms with Gasteiger partial charge in [0.15, 0.2) is 0 Å². The van der Waals surface area contributed by atoms with Crippen molar-refractivity contribution in [3.8, 4) is 0 Å². The lowest BCUT2D eigenvalue weighted by Gasteiger charge is -2.38. The first-order valence-corrected chi connectivity index (χ1v) is 8.25. The fourth-order valence-electron chi connectivity index (χ4n) is 3.59. The van der Waals surface area contributed by atoms with E-state index in [-0.39, 0.29) is 6.54 Å². The van der Waals surface area contributed by atoms with E-state index in [1.54, 1.807) is 0 Å². The average molecular weight is 290 g/mol. The van der Waals surface area contributed by atoms with Gasteiger partial charge in [-0.15, -0.1) is 0 Å². The Morgan fingerprint density at radius 2 is 1.90 bits per heavy atom. The molecule has 0 heterocycles. The van der Waals surface area contributed by atoms with Gasteiger partial charge in [0.1, 0.15) is 5.60 Å². The average Bonchev–Trinajstić information content (AvgIpc) is 2.53. The van der Waals surface area contributed by atoms with Crippen LogP contribution < -0.4 is 5.73 Å². The zero-order valence-electron chi connectivity index (χ0n) is 13.5. The molecule has 0 spiro atoms. The summed E-state index contributed by atoms with van der Waals surface area (Å²) in [6.07, 6.45) is 5.99. The van der Waals surface area contributed by atoms with Crippen LogP contribution in [-0.4, -0.2) is 36.2 Å². The van der Waals surface area contributed by atoms with Gasteiger partial charge in [-0.3, -0.25) is 0 Å². The monoisotopic (exact) mass is 290 g/mol. The van der Waals surface area contributed by atoms with Crippen LogP contribution in [0.3, 0.4) is 0 Å². The maximum Gasteiger partial charge on any atom is 0.103 e. The van der Waals surface area contributed by atoms with Crippen molar-refractivity contribution in [1.29, 1.82) is 0 Å². The molecule has 0 aromatic heterocycles. The zero-order chi connectivity index (χ0) is 15.3. The summed E-state index contributed by atoms with van der Waals surface area (Å²) in [5, 5.41) is 10.9. The zero-order valence-corrected chi connectivity index (χ0v) is 13.5. The molecule has 3 nitrogen and oxygen atoms in total. The summed E-state index contributed by atoms with van der Waals surface area (Å²) in [4.78, 5) is 2.42. The highest BCUT2D eigenvalue weighted by atomic mass is 16.3. The number of rotatable bonds is 6. The fraction of sp³-hybridized carbons (Fsp3) is 0.667. The highest BCUT2D eigenvalue weighted by Gasteiger charge is 2.30. The summed E-state index contributed by atoms with van der Waals surface area (Å²) in [7, 11) is 2.19. The molecule has 3 N–H and O–H groups in total. The van der Waals surface area contributed by atoms with Gasteiger partial charge < -0.3 is 15.7 Å². The van der Waals surface area contributed by atoms with Crippen molar-refractivity contribution >= 4 is 0 Å². The van der Waals surface area contributed by atoms with Crippen LogP contribution in [0.25, 0.3) is 0 Å². The lowest BCUT2D eigenvalue weighted by Crippen LogP contribution is -2.43. The van der Waals surface area contributed by atoms with Crippen LogP contribution >= 0.6 is 0 Å². The quantitative estimate of drug-likeness (QED) is 0.847. The summed E-state index contributed by atoms with van der Waals surface area (Å²) in [5.41, 5.74) is 5.88. The Morgan fingerprint density at radius 1 is 1.24 bits per heavy atom. The van der Waals surface area contributed by atoms with Gasteiger partial charge in [-0.05, 0) is 37.8 Å². The fourth-order valence-corrected chi connectivity index (χ4v) is 3.59. The molecule has 1 aromatic carbocycles. The molecule has 118 valence electrons. The molecule has 0 aliphatic heterocycles. The molecule has 1 aliphatic rings. The summed E-state index contributed by atoms with van der Waals surface area (Å²) >= 11 is 0. The van der Waals surface area contributed by atoms with Crippen molar-refractivity contribution in [3.05, 3.63) is 35.9 Å². The molecule has 1 saturated carbocycles. The van der Waals surface area contributed by atoms with E-state index in [4.69, 9.17) is 5.73 Å². The van der Waals surface area contributed by atoms with Gasteiger partial charge in [0.2, 0.25) is 0 Å².